The van der Waals surface area contributed by atoms with Crippen LogP contribution in [0.4, 0.5) is 0 Å². The smallest absolute Gasteiger partial charge is 0.379 e. The van der Waals surface area contributed by atoms with Crippen LogP contribution in [0.2, 0.25) is 0 Å². The topological polar surface area (TPSA) is 90.1 Å². The minimum atomic E-state index is -0.628. The van der Waals surface area contributed by atoms with E-state index in [1.165, 1.54) is 25.7 Å². The summed E-state index contributed by atoms with van der Waals surface area (Å²) in [7, 11) is 1.47. The fraction of sp³-hybridized carbons (Fsp3) is 0.138. The van der Waals surface area contributed by atoms with Crippen molar-refractivity contribution in [3.05, 3.63) is 120 Å². The highest BCUT2D eigenvalue weighted by Crippen LogP contribution is 2.58. The first-order valence-electron chi connectivity index (χ1n) is 11.5. The van der Waals surface area contributed by atoms with E-state index in [4.69, 9.17) is 13.9 Å². The first-order chi connectivity index (χ1) is 17.6. The fourth-order valence-corrected chi connectivity index (χ4v) is 4.50. The zero-order valence-electron chi connectivity index (χ0n) is 19.6. The molecule has 0 aliphatic heterocycles. The maximum Gasteiger partial charge on any atom is 0.379 e. The molecule has 7 heteroatoms. The standard InChI is InChI=1S/C29H24N2O5/c1-34-26-17-20(14-15-24(26)36-28(33)25-13-8-16-35-25)19-30-31-27(32)23-18-29(23,21-9-4-2-5-10-21)22-11-6-3-7-12-22/h2-17,19,23H,18H2,1H3,(H,31,32)/b30-19+. The number of carbonyl (C=O) groups excluding carboxylic acids is 2. The van der Waals surface area contributed by atoms with Gasteiger partial charge in [-0.3, -0.25) is 4.79 Å². The summed E-state index contributed by atoms with van der Waals surface area (Å²) in [6.07, 6.45) is 3.63. The highest BCUT2D eigenvalue weighted by atomic mass is 16.6. The average Bonchev–Trinajstić information content (AvgIpc) is 3.45. The Morgan fingerprint density at radius 1 is 0.944 bits per heavy atom. The van der Waals surface area contributed by atoms with E-state index in [0.717, 1.165) is 11.1 Å². The van der Waals surface area contributed by atoms with Crippen molar-refractivity contribution in [2.45, 2.75) is 11.8 Å². The molecule has 1 atom stereocenters. The van der Waals surface area contributed by atoms with E-state index in [9.17, 15) is 9.59 Å². The van der Waals surface area contributed by atoms with Gasteiger partial charge in [0.25, 0.3) is 0 Å². The zero-order valence-corrected chi connectivity index (χ0v) is 19.6. The lowest BCUT2D eigenvalue weighted by atomic mass is 9.85. The first-order valence-corrected chi connectivity index (χ1v) is 11.5. The third-order valence-corrected chi connectivity index (χ3v) is 6.36. The Balaban J connectivity index is 1.27. The number of methoxy groups -OCH3 is 1. The van der Waals surface area contributed by atoms with E-state index in [1.54, 1.807) is 24.3 Å². The van der Waals surface area contributed by atoms with Gasteiger partial charge in [-0.2, -0.15) is 5.10 Å². The number of amides is 1. The highest BCUT2D eigenvalue weighted by molar-refractivity contribution is 5.89. The number of rotatable bonds is 8. The van der Waals surface area contributed by atoms with Crippen LogP contribution in [0, 0.1) is 5.92 Å². The normalized spacial score (nSPS) is 15.9. The Labute approximate surface area is 208 Å². The Hall–Kier alpha value is -4.65. The lowest BCUT2D eigenvalue weighted by molar-refractivity contribution is -0.122. The molecule has 7 nitrogen and oxygen atoms in total. The molecule has 0 bridgehead atoms. The summed E-state index contributed by atoms with van der Waals surface area (Å²) in [6, 6.07) is 28.3. The van der Waals surface area contributed by atoms with Gasteiger partial charge in [-0.15, -0.1) is 0 Å². The quantitative estimate of drug-likeness (QED) is 0.167. The van der Waals surface area contributed by atoms with E-state index in [1.807, 2.05) is 36.4 Å². The van der Waals surface area contributed by atoms with Crippen molar-refractivity contribution in [2.24, 2.45) is 11.0 Å². The van der Waals surface area contributed by atoms with Crippen molar-refractivity contribution in [3.8, 4) is 11.5 Å². The van der Waals surface area contributed by atoms with E-state index in [2.05, 4.69) is 34.8 Å². The average molecular weight is 481 g/mol. The number of benzene rings is 3. The van der Waals surface area contributed by atoms with E-state index >= 15 is 0 Å². The predicted octanol–water partition coefficient (Wildman–Crippen LogP) is 4.96. The van der Waals surface area contributed by atoms with E-state index < -0.39 is 5.97 Å². The van der Waals surface area contributed by atoms with Crippen molar-refractivity contribution >= 4 is 18.1 Å². The van der Waals surface area contributed by atoms with Gasteiger partial charge in [0.2, 0.25) is 11.7 Å². The van der Waals surface area contributed by atoms with Gasteiger partial charge in [0.15, 0.2) is 11.5 Å². The Bertz CT molecular complexity index is 1340. The number of carbonyl (C=O) groups is 2. The number of furan rings is 1. The lowest BCUT2D eigenvalue weighted by Crippen LogP contribution is -2.25. The summed E-state index contributed by atoms with van der Waals surface area (Å²) in [5.74, 6) is -0.315. The summed E-state index contributed by atoms with van der Waals surface area (Å²) in [4.78, 5) is 25.2. The van der Waals surface area contributed by atoms with Gasteiger partial charge in [-0.25, -0.2) is 10.2 Å². The fourth-order valence-electron chi connectivity index (χ4n) is 4.50. The maximum atomic E-state index is 13.1. The van der Waals surface area contributed by atoms with Crippen LogP contribution >= 0.6 is 0 Å². The molecule has 36 heavy (non-hydrogen) atoms. The molecular formula is C29H24N2O5. The Morgan fingerprint density at radius 3 is 2.25 bits per heavy atom. The summed E-state index contributed by atoms with van der Waals surface area (Å²) in [6.45, 7) is 0. The molecule has 1 aliphatic rings. The minimum Gasteiger partial charge on any atom is -0.493 e. The molecule has 1 saturated carbocycles. The second kappa shape index (κ2) is 9.92. The van der Waals surface area contributed by atoms with Gasteiger partial charge < -0.3 is 13.9 Å². The van der Waals surface area contributed by atoms with Crippen LogP contribution in [-0.2, 0) is 10.2 Å². The third-order valence-electron chi connectivity index (χ3n) is 6.36. The van der Waals surface area contributed by atoms with Gasteiger partial charge >= 0.3 is 5.97 Å². The molecule has 1 unspecified atom stereocenters. The number of hydrogen-bond acceptors (Lipinski definition) is 6. The molecule has 0 spiro atoms. The minimum absolute atomic E-state index is 0.0903. The molecule has 1 fully saturated rings. The molecule has 180 valence electrons. The largest absolute Gasteiger partial charge is 0.493 e. The number of hydrogen-bond donors (Lipinski definition) is 1. The van der Waals surface area contributed by atoms with Crippen LogP contribution in [0.15, 0.2) is 107 Å². The summed E-state index contributed by atoms with van der Waals surface area (Å²) in [5, 5.41) is 4.16. The number of ether oxygens (including phenoxy) is 2. The molecule has 3 aromatic carbocycles. The summed E-state index contributed by atoms with van der Waals surface area (Å²) in [5.41, 5.74) is 5.22. The molecule has 1 amide bonds. The number of esters is 1. The number of hydrazone groups is 1. The van der Waals surface area contributed by atoms with Crippen LogP contribution in [-0.4, -0.2) is 25.2 Å². The molecule has 1 aromatic heterocycles. The van der Waals surface area contributed by atoms with Gasteiger partial charge in [-0.05, 0) is 53.4 Å². The Kier molecular flexibility index (Phi) is 6.36. The monoisotopic (exact) mass is 480 g/mol. The molecule has 1 N–H and O–H groups in total. The molecule has 1 aliphatic carbocycles. The maximum absolute atomic E-state index is 13.1. The molecule has 5 rings (SSSR count). The van der Waals surface area contributed by atoms with Crippen LogP contribution in [0.1, 0.15) is 33.7 Å². The molecule has 0 saturated heterocycles. The van der Waals surface area contributed by atoms with Crippen molar-refractivity contribution in [2.75, 3.05) is 7.11 Å². The zero-order chi connectivity index (χ0) is 25.0. The summed E-state index contributed by atoms with van der Waals surface area (Å²) >= 11 is 0. The highest BCUT2D eigenvalue weighted by Gasteiger charge is 2.60. The molecule has 0 radical (unpaired) electrons. The van der Waals surface area contributed by atoms with Gasteiger partial charge in [-0.1, -0.05) is 60.7 Å². The number of nitrogens with one attached hydrogen (secondary N) is 1. The Morgan fingerprint density at radius 2 is 1.64 bits per heavy atom. The predicted molar refractivity (Wildman–Crippen MR) is 134 cm³/mol. The lowest BCUT2D eigenvalue weighted by Gasteiger charge is -2.18. The first kappa shape index (κ1) is 23.1. The van der Waals surface area contributed by atoms with Crippen molar-refractivity contribution in [3.63, 3.8) is 0 Å². The van der Waals surface area contributed by atoms with Gasteiger partial charge in [0, 0.05) is 5.41 Å². The van der Waals surface area contributed by atoms with Crippen LogP contribution < -0.4 is 14.9 Å². The molecule has 4 aromatic rings. The molecular weight excluding hydrogens is 456 g/mol. The van der Waals surface area contributed by atoms with Crippen molar-refractivity contribution in [1.29, 1.82) is 0 Å². The van der Waals surface area contributed by atoms with Crippen LogP contribution in [0.25, 0.3) is 0 Å². The third kappa shape index (κ3) is 4.51. The van der Waals surface area contributed by atoms with E-state index in [-0.39, 0.29) is 28.7 Å². The second-order valence-electron chi connectivity index (χ2n) is 8.47. The number of nitrogens with zero attached hydrogens (tertiary/aromatic N) is 1. The SMILES string of the molecule is COc1cc(/C=N/NC(=O)C2CC2(c2ccccc2)c2ccccc2)ccc1OC(=O)c1ccco1. The molecule has 1 heterocycles. The second-order valence-corrected chi connectivity index (χ2v) is 8.47. The van der Waals surface area contributed by atoms with Gasteiger partial charge in [0.1, 0.15) is 0 Å². The summed E-state index contributed by atoms with van der Waals surface area (Å²) < 4.78 is 15.8. The van der Waals surface area contributed by atoms with E-state index in [0.29, 0.717) is 17.7 Å². The van der Waals surface area contributed by atoms with Crippen molar-refractivity contribution in [1.82, 2.24) is 5.43 Å². The van der Waals surface area contributed by atoms with Crippen LogP contribution in [0.5, 0.6) is 11.5 Å². The van der Waals surface area contributed by atoms with Gasteiger partial charge in [0.05, 0.1) is 25.5 Å². The van der Waals surface area contributed by atoms with Crippen LogP contribution in [0.3, 0.4) is 0 Å². The van der Waals surface area contributed by atoms with Crippen molar-refractivity contribution < 1.29 is 23.5 Å².